The van der Waals surface area contributed by atoms with Gasteiger partial charge in [-0.15, -0.1) is 0 Å². The van der Waals surface area contributed by atoms with Crippen LogP contribution in [0.4, 0.5) is 0 Å². The van der Waals surface area contributed by atoms with Crippen LogP contribution in [0.2, 0.25) is 5.02 Å². The van der Waals surface area contributed by atoms with E-state index in [0.717, 1.165) is 18.7 Å². The van der Waals surface area contributed by atoms with Gasteiger partial charge in [-0.25, -0.2) is 4.98 Å². The standard InChI is InChI=1S/C18H21ClN2O2/c1-13-6-7-15(19)17(10-13)23-18-16(5-3-9-21-18)22-12-14-4-2-8-20-11-14/h3,5-7,9-10,14,20H,2,4,8,11-12H2,1H3. The van der Waals surface area contributed by atoms with E-state index in [1.807, 2.05) is 37.3 Å². The molecule has 1 unspecified atom stereocenters. The number of nitrogens with one attached hydrogen (secondary N) is 1. The summed E-state index contributed by atoms with van der Waals surface area (Å²) in [4.78, 5) is 4.29. The first-order chi connectivity index (χ1) is 11.2. The van der Waals surface area contributed by atoms with Crippen LogP contribution in [0.1, 0.15) is 18.4 Å². The maximum Gasteiger partial charge on any atom is 0.262 e. The van der Waals surface area contributed by atoms with Crippen LogP contribution in [0.15, 0.2) is 36.5 Å². The van der Waals surface area contributed by atoms with Crippen molar-refractivity contribution in [3.05, 3.63) is 47.1 Å². The summed E-state index contributed by atoms with van der Waals surface area (Å²) < 4.78 is 11.8. The predicted octanol–water partition coefficient (Wildman–Crippen LogP) is 4.21. The van der Waals surface area contributed by atoms with E-state index in [-0.39, 0.29) is 0 Å². The van der Waals surface area contributed by atoms with E-state index in [4.69, 9.17) is 21.1 Å². The van der Waals surface area contributed by atoms with Crippen LogP contribution in [0.5, 0.6) is 17.4 Å². The zero-order chi connectivity index (χ0) is 16.1. The average Bonchev–Trinajstić information content (AvgIpc) is 2.58. The first-order valence-corrected chi connectivity index (χ1v) is 8.33. The number of aryl methyl sites for hydroxylation is 1. The lowest BCUT2D eigenvalue weighted by Crippen LogP contribution is -2.33. The van der Waals surface area contributed by atoms with Gasteiger partial charge in [-0.1, -0.05) is 17.7 Å². The minimum absolute atomic E-state index is 0.448. The quantitative estimate of drug-likeness (QED) is 0.890. The van der Waals surface area contributed by atoms with Gasteiger partial charge >= 0.3 is 0 Å². The number of pyridine rings is 1. The third kappa shape index (κ3) is 4.36. The van der Waals surface area contributed by atoms with Gasteiger partial charge in [0.2, 0.25) is 0 Å². The molecule has 0 amide bonds. The lowest BCUT2D eigenvalue weighted by Gasteiger charge is -2.23. The second-order valence-corrected chi connectivity index (χ2v) is 6.27. The molecule has 1 aromatic carbocycles. The zero-order valence-electron chi connectivity index (χ0n) is 13.2. The maximum absolute atomic E-state index is 6.20. The minimum Gasteiger partial charge on any atom is -0.488 e. The van der Waals surface area contributed by atoms with Gasteiger partial charge in [-0.05, 0) is 56.1 Å². The minimum atomic E-state index is 0.448. The van der Waals surface area contributed by atoms with Crippen molar-refractivity contribution in [2.75, 3.05) is 19.7 Å². The summed E-state index contributed by atoms with van der Waals surface area (Å²) >= 11 is 6.20. The molecular formula is C18H21ClN2O2. The van der Waals surface area contributed by atoms with E-state index in [0.29, 0.717) is 34.9 Å². The van der Waals surface area contributed by atoms with Gasteiger partial charge in [0.05, 0.1) is 11.6 Å². The molecule has 0 aliphatic carbocycles. The Balaban J connectivity index is 1.71. The van der Waals surface area contributed by atoms with Crippen molar-refractivity contribution in [2.24, 2.45) is 5.92 Å². The van der Waals surface area contributed by atoms with Crippen LogP contribution in [0.25, 0.3) is 0 Å². The molecule has 1 aromatic heterocycles. The average molecular weight is 333 g/mol. The van der Waals surface area contributed by atoms with E-state index in [9.17, 15) is 0 Å². The predicted molar refractivity (Wildman–Crippen MR) is 91.6 cm³/mol. The van der Waals surface area contributed by atoms with Gasteiger partial charge in [0.1, 0.15) is 5.75 Å². The highest BCUT2D eigenvalue weighted by molar-refractivity contribution is 6.32. The highest BCUT2D eigenvalue weighted by Crippen LogP contribution is 2.34. The third-order valence-corrected chi connectivity index (χ3v) is 4.22. The Morgan fingerprint density at radius 2 is 2.22 bits per heavy atom. The largest absolute Gasteiger partial charge is 0.488 e. The van der Waals surface area contributed by atoms with Crippen molar-refractivity contribution in [1.29, 1.82) is 0 Å². The number of hydrogen-bond acceptors (Lipinski definition) is 4. The van der Waals surface area contributed by atoms with Crippen molar-refractivity contribution >= 4 is 11.6 Å². The Labute approximate surface area is 141 Å². The molecule has 23 heavy (non-hydrogen) atoms. The van der Waals surface area contributed by atoms with Crippen molar-refractivity contribution < 1.29 is 9.47 Å². The summed E-state index contributed by atoms with van der Waals surface area (Å²) in [5.41, 5.74) is 1.08. The molecule has 2 heterocycles. The normalized spacial score (nSPS) is 17.7. The Morgan fingerprint density at radius 1 is 1.30 bits per heavy atom. The van der Waals surface area contributed by atoms with Gasteiger partial charge < -0.3 is 14.8 Å². The van der Waals surface area contributed by atoms with Gasteiger partial charge in [-0.2, -0.15) is 0 Å². The lowest BCUT2D eigenvalue weighted by atomic mass is 10.0. The second kappa shape index (κ2) is 7.66. The molecule has 122 valence electrons. The summed E-state index contributed by atoms with van der Waals surface area (Å²) in [5.74, 6) is 2.22. The highest BCUT2D eigenvalue weighted by Gasteiger charge is 2.16. The van der Waals surface area contributed by atoms with Gasteiger partial charge in [0.15, 0.2) is 5.75 Å². The Bertz CT molecular complexity index is 657. The number of benzene rings is 1. The van der Waals surface area contributed by atoms with Gasteiger partial charge in [0.25, 0.3) is 5.88 Å². The molecule has 5 heteroatoms. The smallest absolute Gasteiger partial charge is 0.262 e. The molecule has 1 fully saturated rings. The maximum atomic E-state index is 6.20. The Hall–Kier alpha value is -1.78. The van der Waals surface area contributed by atoms with E-state index >= 15 is 0 Å². The monoisotopic (exact) mass is 332 g/mol. The van der Waals surface area contributed by atoms with Crippen LogP contribution >= 0.6 is 11.6 Å². The molecule has 1 aliphatic rings. The number of ether oxygens (including phenoxy) is 2. The molecule has 1 atom stereocenters. The molecule has 0 spiro atoms. The molecular weight excluding hydrogens is 312 g/mol. The van der Waals surface area contributed by atoms with Crippen molar-refractivity contribution in [1.82, 2.24) is 10.3 Å². The van der Waals surface area contributed by atoms with Gasteiger partial charge in [-0.3, -0.25) is 0 Å². The summed E-state index contributed by atoms with van der Waals surface area (Å²) in [6, 6.07) is 9.39. The molecule has 4 nitrogen and oxygen atoms in total. The van der Waals surface area contributed by atoms with Crippen molar-refractivity contribution in [3.63, 3.8) is 0 Å². The lowest BCUT2D eigenvalue weighted by molar-refractivity contribution is 0.212. The number of aromatic nitrogens is 1. The third-order valence-electron chi connectivity index (χ3n) is 3.90. The fourth-order valence-corrected chi connectivity index (χ4v) is 2.79. The highest BCUT2D eigenvalue weighted by atomic mass is 35.5. The molecule has 0 bridgehead atoms. The first kappa shape index (κ1) is 16.1. The fraction of sp³-hybridized carbons (Fsp3) is 0.389. The van der Waals surface area contributed by atoms with Crippen LogP contribution in [0.3, 0.4) is 0 Å². The number of hydrogen-bond donors (Lipinski definition) is 1. The zero-order valence-corrected chi connectivity index (χ0v) is 14.0. The molecule has 0 radical (unpaired) electrons. The van der Waals surface area contributed by atoms with Crippen LogP contribution in [-0.4, -0.2) is 24.7 Å². The molecule has 3 rings (SSSR count). The first-order valence-electron chi connectivity index (χ1n) is 7.95. The SMILES string of the molecule is Cc1ccc(Cl)c(Oc2ncccc2OCC2CCCNC2)c1. The van der Waals surface area contributed by atoms with E-state index in [1.54, 1.807) is 6.20 Å². The van der Waals surface area contributed by atoms with Crippen molar-refractivity contribution in [3.8, 4) is 17.4 Å². The summed E-state index contributed by atoms with van der Waals surface area (Å²) in [6.45, 7) is 4.76. The van der Waals surface area contributed by atoms with Gasteiger partial charge in [0, 0.05) is 18.7 Å². The number of halogens is 1. The van der Waals surface area contributed by atoms with E-state index in [2.05, 4.69) is 10.3 Å². The molecule has 1 aliphatic heterocycles. The number of rotatable bonds is 5. The molecule has 1 N–H and O–H groups in total. The van der Waals surface area contributed by atoms with E-state index < -0.39 is 0 Å². The van der Waals surface area contributed by atoms with Crippen LogP contribution in [0, 0.1) is 12.8 Å². The summed E-state index contributed by atoms with van der Waals surface area (Å²) in [5, 5.41) is 3.95. The van der Waals surface area contributed by atoms with E-state index in [1.165, 1.54) is 12.8 Å². The van der Waals surface area contributed by atoms with Crippen LogP contribution < -0.4 is 14.8 Å². The fourth-order valence-electron chi connectivity index (χ4n) is 2.63. The molecule has 0 saturated carbocycles. The topological polar surface area (TPSA) is 43.4 Å². The summed E-state index contributed by atoms with van der Waals surface area (Å²) in [7, 11) is 0. The van der Waals surface area contributed by atoms with Crippen molar-refractivity contribution in [2.45, 2.75) is 19.8 Å². The van der Waals surface area contributed by atoms with Crippen LogP contribution in [-0.2, 0) is 0 Å². The summed E-state index contributed by atoms with van der Waals surface area (Å²) in [6.07, 6.45) is 4.07. The Morgan fingerprint density at radius 3 is 3.04 bits per heavy atom. The number of piperidine rings is 1. The second-order valence-electron chi connectivity index (χ2n) is 5.87. The number of nitrogens with zero attached hydrogens (tertiary/aromatic N) is 1. The molecule has 2 aromatic rings. The Kier molecular flexibility index (Phi) is 5.36. The molecule has 1 saturated heterocycles.